The third kappa shape index (κ3) is 5.19. The van der Waals surface area contributed by atoms with Crippen LogP contribution in [0.25, 0.3) is 0 Å². The van der Waals surface area contributed by atoms with Crippen LogP contribution in [0.5, 0.6) is 0 Å². The normalized spacial score (nSPS) is 17.7. The van der Waals surface area contributed by atoms with Crippen LogP contribution in [0.1, 0.15) is 65.6 Å². The topological polar surface area (TPSA) is 88.0 Å². The van der Waals surface area contributed by atoms with E-state index < -0.39 is 0 Å². The molecule has 150 valence electrons. The first-order valence-electron chi connectivity index (χ1n) is 10.0. The van der Waals surface area contributed by atoms with Crippen LogP contribution < -0.4 is 16.0 Å². The van der Waals surface area contributed by atoms with E-state index in [9.17, 15) is 9.59 Å². The van der Waals surface area contributed by atoms with Crippen LogP contribution in [-0.4, -0.2) is 40.7 Å². The molecule has 1 fully saturated rings. The van der Waals surface area contributed by atoms with Crippen molar-refractivity contribution in [3.8, 4) is 0 Å². The highest BCUT2D eigenvalue weighted by molar-refractivity contribution is 5.94. The van der Waals surface area contributed by atoms with E-state index in [0.717, 1.165) is 37.9 Å². The molecule has 7 heteroatoms. The van der Waals surface area contributed by atoms with Crippen molar-refractivity contribution in [1.82, 2.24) is 25.7 Å². The molecule has 0 aliphatic carbocycles. The number of amides is 2. The monoisotopic (exact) mass is 383 g/mol. The molecule has 1 aromatic carbocycles. The second-order valence-corrected chi connectivity index (χ2v) is 7.35. The van der Waals surface area contributed by atoms with E-state index in [1.165, 1.54) is 0 Å². The highest BCUT2D eigenvalue weighted by atomic mass is 16.2. The Balaban J connectivity index is 1.56. The first kappa shape index (κ1) is 20.1. The second kappa shape index (κ2) is 9.50. The standard InChI is InChI=1S/C21H29N5O2/c1-3-15(2)24-20(27)17-7-4-6-16(12-17)13-23-21(28)19-9-11-26(25-19)18-8-5-10-22-14-18/h4,6-7,9,11-12,15,18,22H,3,5,8,10,13-14H2,1-2H3,(H,23,28)(H,24,27). The summed E-state index contributed by atoms with van der Waals surface area (Å²) in [6.45, 7) is 6.28. The van der Waals surface area contributed by atoms with Gasteiger partial charge in [-0.2, -0.15) is 5.10 Å². The number of carbonyl (C=O) groups is 2. The number of benzene rings is 1. The van der Waals surface area contributed by atoms with Crippen molar-refractivity contribution < 1.29 is 9.59 Å². The average molecular weight is 383 g/mol. The third-order valence-corrected chi connectivity index (χ3v) is 5.12. The fraction of sp³-hybridized carbons (Fsp3) is 0.476. The summed E-state index contributed by atoms with van der Waals surface area (Å²) in [5, 5.41) is 13.6. The lowest BCUT2D eigenvalue weighted by atomic mass is 10.1. The van der Waals surface area contributed by atoms with Gasteiger partial charge in [-0.15, -0.1) is 0 Å². The smallest absolute Gasteiger partial charge is 0.272 e. The van der Waals surface area contributed by atoms with E-state index in [-0.39, 0.29) is 17.9 Å². The van der Waals surface area contributed by atoms with Crippen molar-refractivity contribution in [2.45, 2.75) is 51.7 Å². The fourth-order valence-corrected chi connectivity index (χ4v) is 3.23. The highest BCUT2D eigenvalue weighted by Crippen LogP contribution is 2.15. The van der Waals surface area contributed by atoms with Gasteiger partial charge in [0.05, 0.1) is 6.04 Å². The number of nitrogens with zero attached hydrogens (tertiary/aromatic N) is 2. The number of nitrogens with one attached hydrogen (secondary N) is 3. The van der Waals surface area contributed by atoms with Crippen LogP contribution in [0.15, 0.2) is 36.5 Å². The van der Waals surface area contributed by atoms with Gasteiger partial charge in [0, 0.05) is 30.9 Å². The molecule has 1 saturated heterocycles. The maximum Gasteiger partial charge on any atom is 0.272 e. The molecule has 2 atom stereocenters. The minimum Gasteiger partial charge on any atom is -0.350 e. The lowest BCUT2D eigenvalue weighted by Crippen LogP contribution is -2.32. The first-order valence-corrected chi connectivity index (χ1v) is 10.0. The van der Waals surface area contributed by atoms with Crippen molar-refractivity contribution in [2.24, 2.45) is 0 Å². The Kier molecular flexibility index (Phi) is 6.81. The number of carbonyl (C=O) groups excluding carboxylic acids is 2. The van der Waals surface area contributed by atoms with Crippen LogP contribution in [0.3, 0.4) is 0 Å². The molecular weight excluding hydrogens is 354 g/mol. The van der Waals surface area contributed by atoms with Gasteiger partial charge in [0.2, 0.25) is 0 Å². The SMILES string of the molecule is CCC(C)NC(=O)c1cccc(CNC(=O)c2ccn(C3CCCNC3)n2)c1. The van der Waals surface area contributed by atoms with Crippen molar-refractivity contribution in [2.75, 3.05) is 13.1 Å². The van der Waals surface area contributed by atoms with Gasteiger partial charge in [-0.1, -0.05) is 19.1 Å². The lowest BCUT2D eigenvalue weighted by molar-refractivity contribution is 0.0935. The van der Waals surface area contributed by atoms with Crippen molar-refractivity contribution in [1.29, 1.82) is 0 Å². The average Bonchev–Trinajstić information content (AvgIpc) is 3.23. The van der Waals surface area contributed by atoms with Crippen LogP contribution in [0.2, 0.25) is 0 Å². The molecule has 1 aliphatic rings. The molecule has 28 heavy (non-hydrogen) atoms. The molecule has 0 bridgehead atoms. The highest BCUT2D eigenvalue weighted by Gasteiger charge is 2.17. The fourth-order valence-electron chi connectivity index (χ4n) is 3.23. The largest absolute Gasteiger partial charge is 0.350 e. The van der Waals surface area contributed by atoms with E-state index in [0.29, 0.717) is 23.8 Å². The second-order valence-electron chi connectivity index (χ2n) is 7.35. The van der Waals surface area contributed by atoms with Crippen molar-refractivity contribution in [3.05, 3.63) is 53.3 Å². The molecule has 3 N–H and O–H groups in total. The van der Waals surface area contributed by atoms with Crippen molar-refractivity contribution in [3.63, 3.8) is 0 Å². The zero-order chi connectivity index (χ0) is 19.9. The van der Waals surface area contributed by atoms with E-state index in [4.69, 9.17) is 0 Å². The Bertz CT molecular complexity index is 811. The summed E-state index contributed by atoms with van der Waals surface area (Å²) in [5.74, 6) is -0.306. The van der Waals surface area contributed by atoms with Crippen LogP contribution >= 0.6 is 0 Å². The van der Waals surface area contributed by atoms with E-state index in [1.807, 2.05) is 42.9 Å². The number of aromatic nitrogens is 2. The van der Waals surface area contributed by atoms with Gasteiger partial charge < -0.3 is 16.0 Å². The summed E-state index contributed by atoms with van der Waals surface area (Å²) in [5.41, 5.74) is 1.89. The summed E-state index contributed by atoms with van der Waals surface area (Å²) >= 11 is 0. The third-order valence-electron chi connectivity index (χ3n) is 5.12. The van der Waals surface area contributed by atoms with Crippen LogP contribution in [-0.2, 0) is 6.54 Å². The van der Waals surface area contributed by atoms with E-state index in [1.54, 1.807) is 12.1 Å². The molecule has 7 nitrogen and oxygen atoms in total. The van der Waals surface area contributed by atoms with Gasteiger partial charge in [-0.25, -0.2) is 0 Å². The molecule has 2 aromatic rings. The minimum atomic E-state index is -0.211. The minimum absolute atomic E-state index is 0.0950. The quantitative estimate of drug-likeness (QED) is 0.684. The van der Waals surface area contributed by atoms with Gasteiger partial charge >= 0.3 is 0 Å². The summed E-state index contributed by atoms with van der Waals surface area (Å²) in [7, 11) is 0. The van der Waals surface area contributed by atoms with Gasteiger partial charge in [0.15, 0.2) is 0 Å². The zero-order valence-corrected chi connectivity index (χ0v) is 16.6. The molecular formula is C21H29N5O2. The van der Waals surface area contributed by atoms with Gasteiger partial charge in [0.1, 0.15) is 5.69 Å². The Labute approximate surface area is 165 Å². The molecule has 0 saturated carbocycles. The Hall–Kier alpha value is -2.67. The molecule has 2 amide bonds. The predicted molar refractivity (Wildman–Crippen MR) is 108 cm³/mol. The summed E-state index contributed by atoms with van der Waals surface area (Å²) in [4.78, 5) is 24.7. The molecule has 2 heterocycles. The Morgan fingerprint density at radius 3 is 2.93 bits per heavy atom. The maximum atomic E-state index is 12.4. The van der Waals surface area contributed by atoms with Gasteiger partial charge in [-0.3, -0.25) is 14.3 Å². The van der Waals surface area contributed by atoms with Gasteiger partial charge in [0.25, 0.3) is 11.8 Å². The van der Waals surface area contributed by atoms with E-state index in [2.05, 4.69) is 21.0 Å². The molecule has 1 aromatic heterocycles. The molecule has 1 aliphatic heterocycles. The zero-order valence-electron chi connectivity index (χ0n) is 16.6. The summed E-state index contributed by atoms with van der Waals surface area (Å²) < 4.78 is 1.88. The predicted octanol–water partition coefficient (Wildman–Crippen LogP) is 2.27. The Morgan fingerprint density at radius 1 is 1.32 bits per heavy atom. The number of rotatable bonds is 7. The number of hydrogen-bond acceptors (Lipinski definition) is 4. The van der Waals surface area contributed by atoms with Gasteiger partial charge in [-0.05, 0) is 56.5 Å². The maximum absolute atomic E-state index is 12.4. The number of piperidine rings is 1. The van der Waals surface area contributed by atoms with E-state index >= 15 is 0 Å². The lowest BCUT2D eigenvalue weighted by Gasteiger charge is -2.22. The van der Waals surface area contributed by atoms with Crippen LogP contribution in [0.4, 0.5) is 0 Å². The van der Waals surface area contributed by atoms with Crippen molar-refractivity contribution >= 4 is 11.8 Å². The summed E-state index contributed by atoms with van der Waals surface area (Å²) in [6.07, 6.45) is 4.94. The summed E-state index contributed by atoms with van der Waals surface area (Å²) in [6, 6.07) is 9.50. The Morgan fingerprint density at radius 2 is 2.18 bits per heavy atom. The number of hydrogen-bond donors (Lipinski definition) is 3. The molecule has 3 rings (SSSR count). The first-order chi connectivity index (χ1) is 13.6. The molecule has 2 unspecified atom stereocenters. The molecule has 0 radical (unpaired) electrons. The van der Waals surface area contributed by atoms with Crippen LogP contribution in [0, 0.1) is 0 Å². The molecule has 0 spiro atoms.